The first-order valence-corrected chi connectivity index (χ1v) is 12.6. The summed E-state index contributed by atoms with van der Waals surface area (Å²) >= 11 is 0. The number of aryl methyl sites for hydroxylation is 1. The van der Waals surface area contributed by atoms with Crippen LogP contribution in [0.25, 0.3) is 11.1 Å². The number of halogens is 1. The number of anilines is 1. The van der Waals surface area contributed by atoms with Gasteiger partial charge in [0.15, 0.2) is 14.9 Å². The number of aromatic nitrogens is 3. The van der Waals surface area contributed by atoms with Crippen molar-refractivity contribution >= 4 is 21.6 Å². The Morgan fingerprint density at radius 2 is 2.06 bits per heavy atom. The van der Waals surface area contributed by atoms with Crippen molar-refractivity contribution in [3.8, 4) is 11.1 Å². The lowest BCUT2D eigenvalue weighted by molar-refractivity contribution is 0.168. The third-order valence-electron chi connectivity index (χ3n) is 5.79. The molecule has 1 aliphatic rings. The highest BCUT2D eigenvalue weighted by molar-refractivity contribution is 7.91. The molecule has 1 aliphatic heterocycles. The summed E-state index contributed by atoms with van der Waals surface area (Å²) in [6.07, 6.45) is 4.32. The Balaban J connectivity index is 1.60. The van der Waals surface area contributed by atoms with E-state index < -0.39 is 21.8 Å². The number of likely N-dealkylation sites (tertiary alicyclic amines) is 1. The van der Waals surface area contributed by atoms with Crippen LogP contribution in [0.2, 0.25) is 0 Å². The zero-order chi connectivity index (χ0) is 24.5. The molecule has 0 saturated carbocycles. The maximum atomic E-state index is 14.4. The molecule has 4 rings (SSSR count). The van der Waals surface area contributed by atoms with Gasteiger partial charge in [0.25, 0.3) is 0 Å². The van der Waals surface area contributed by atoms with E-state index >= 15 is 0 Å². The highest BCUT2D eigenvalue weighted by atomic mass is 32.2. The molecule has 0 bridgehead atoms. The van der Waals surface area contributed by atoms with E-state index in [9.17, 15) is 13.4 Å². The molecule has 1 aromatic carbocycles. The summed E-state index contributed by atoms with van der Waals surface area (Å²) in [6, 6.07) is 6.90. The first-order chi connectivity index (χ1) is 16.1. The Hall–Kier alpha value is -3.31. The first kappa shape index (κ1) is 23.8. The van der Waals surface area contributed by atoms with Crippen molar-refractivity contribution in [2.45, 2.75) is 37.8 Å². The van der Waals surface area contributed by atoms with Gasteiger partial charge < -0.3 is 5.32 Å². The van der Waals surface area contributed by atoms with E-state index in [0.717, 1.165) is 25.2 Å². The van der Waals surface area contributed by atoms with Crippen molar-refractivity contribution in [3.63, 3.8) is 0 Å². The van der Waals surface area contributed by atoms with E-state index in [-0.39, 0.29) is 10.9 Å². The van der Waals surface area contributed by atoms with Crippen LogP contribution in [0.1, 0.15) is 37.4 Å². The highest BCUT2D eigenvalue weighted by Gasteiger charge is 2.23. The van der Waals surface area contributed by atoms with Gasteiger partial charge in [-0.15, -0.1) is 0 Å². The van der Waals surface area contributed by atoms with Crippen LogP contribution >= 0.6 is 0 Å². The molecule has 11 heteroatoms. The van der Waals surface area contributed by atoms with Crippen molar-refractivity contribution in [2.75, 3.05) is 18.4 Å². The normalized spacial score (nSPS) is 15.6. The minimum atomic E-state index is -3.72. The summed E-state index contributed by atoms with van der Waals surface area (Å²) in [5.74, 6) is -0.553. The fraction of sp³-hybridized carbons (Fsp3) is 0.348. The minimum Gasteiger partial charge on any atom is -0.306 e. The number of benzene rings is 1. The second kappa shape index (κ2) is 9.51. The molecule has 1 saturated heterocycles. The molecule has 0 aliphatic carbocycles. The van der Waals surface area contributed by atoms with Crippen molar-refractivity contribution < 1.29 is 13.4 Å². The number of hydrogen-bond acceptors (Lipinski definition) is 6. The first-order valence-electron chi connectivity index (χ1n) is 11.0. The smallest absolute Gasteiger partial charge is 0.306 e. The van der Waals surface area contributed by atoms with Crippen LogP contribution in [-0.4, -0.2) is 43.0 Å². The summed E-state index contributed by atoms with van der Waals surface area (Å²) in [5.41, 5.74) is 2.82. The Morgan fingerprint density at radius 1 is 1.29 bits per heavy atom. The number of nitrogens with one attached hydrogen (secondary N) is 3. The van der Waals surface area contributed by atoms with Crippen LogP contribution in [-0.2, 0) is 23.5 Å². The van der Waals surface area contributed by atoms with E-state index in [1.165, 1.54) is 12.1 Å². The number of pyridine rings is 1. The van der Waals surface area contributed by atoms with Gasteiger partial charge in [-0.3, -0.25) is 14.6 Å². The van der Waals surface area contributed by atoms with Gasteiger partial charge in [-0.25, -0.2) is 22.9 Å². The molecule has 3 N–H and O–H groups in total. The third kappa shape index (κ3) is 5.10. The quantitative estimate of drug-likeness (QED) is 0.466. The monoisotopic (exact) mass is 485 g/mol. The number of urea groups is 1. The van der Waals surface area contributed by atoms with Gasteiger partial charge in [-0.05, 0) is 55.3 Å². The van der Waals surface area contributed by atoms with Crippen LogP contribution in [0.3, 0.4) is 0 Å². The molecule has 0 spiro atoms. The molecule has 0 radical (unpaired) electrons. The summed E-state index contributed by atoms with van der Waals surface area (Å²) in [6.45, 7) is 6.39. The number of nitrogens with zero attached hydrogens (tertiary/aromatic N) is 4. The molecular weight excluding hydrogens is 457 g/mol. The number of carbonyl (C=O) groups excluding carboxylic acids is 1. The lowest BCUT2D eigenvalue weighted by Crippen LogP contribution is -2.36. The molecule has 1 fully saturated rings. The molecule has 2 aromatic heterocycles. The summed E-state index contributed by atoms with van der Waals surface area (Å²) in [4.78, 5) is 19.2. The predicted molar refractivity (Wildman–Crippen MR) is 128 cm³/mol. The Labute approximate surface area is 198 Å². The molecule has 2 amide bonds. The average molecular weight is 486 g/mol. The van der Waals surface area contributed by atoms with Crippen molar-refractivity contribution in [3.05, 3.63) is 59.8 Å². The summed E-state index contributed by atoms with van der Waals surface area (Å²) < 4.78 is 39.6. The average Bonchev–Trinajstić information content (AvgIpc) is 3.13. The van der Waals surface area contributed by atoms with Crippen LogP contribution in [0.15, 0.2) is 47.8 Å². The molecule has 3 aromatic rings. The maximum Gasteiger partial charge on any atom is 0.332 e. The Morgan fingerprint density at radius 3 is 2.68 bits per heavy atom. The van der Waals surface area contributed by atoms with Gasteiger partial charge in [0.05, 0.1) is 11.4 Å². The number of hydrogen-bond donors (Lipinski definition) is 3. The fourth-order valence-corrected chi connectivity index (χ4v) is 4.78. The summed E-state index contributed by atoms with van der Waals surface area (Å²) in [7, 11) is -2.00. The Bertz CT molecular complexity index is 1300. The van der Waals surface area contributed by atoms with Gasteiger partial charge in [-0.2, -0.15) is 5.10 Å². The molecule has 34 heavy (non-hydrogen) atoms. The van der Waals surface area contributed by atoms with Gasteiger partial charge in [-0.1, -0.05) is 19.9 Å². The maximum absolute atomic E-state index is 14.4. The second-order valence-corrected chi connectivity index (χ2v) is 10.4. The Kier molecular flexibility index (Phi) is 6.67. The van der Waals surface area contributed by atoms with Gasteiger partial charge in [0.2, 0.25) is 0 Å². The van der Waals surface area contributed by atoms with E-state index in [4.69, 9.17) is 4.78 Å². The zero-order valence-electron chi connectivity index (χ0n) is 19.3. The number of rotatable bonds is 7. The third-order valence-corrected chi connectivity index (χ3v) is 7.05. The van der Waals surface area contributed by atoms with E-state index in [2.05, 4.69) is 25.0 Å². The van der Waals surface area contributed by atoms with Crippen molar-refractivity contribution in [1.29, 1.82) is 4.78 Å². The van der Waals surface area contributed by atoms with Gasteiger partial charge in [0, 0.05) is 37.1 Å². The second-order valence-electron chi connectivity index (χ2n) is 8.65. The lowest BCUT2D eigenvalue weighted by Gasteiger charge is -2.30. The number of carbonyl (C=O) groups is 1. The number of amides is 2. The topological polar surface area (TPSA) is 116 Å². The van der Waals surface area contributed by atoms with E-state index in [0.29, 0.717) is 28.9 Å². The lowest BCUT2D eigenvalue weighted by atomic mass is 9.94. The zero-order valence-corrected chi connectivity index (χ0v) is 20.2. The van der Waals surface area contributed by atoms with Crippen LogP contribution in [0, 0.1) is 10.6 Å². The highest BCUT2D eigenvalue weighted by Crippen LogP contribution is 2.35. The van der Waals surface area contributed by atoms with Gasteiger partial charge >= 0.3 is 6.03 Å². The SMILES string of the molecule is CC(C)c1cc(F)cc(-c2cccnc2)c1NC(=O)NS(=N)(=O)c1cc(CN2CCC2)n(C)n1. The van der Waals surface area contributed by atoms with Crippen molar-refractivity contribution in [2.24, 2.45) is 7.05 Å². The predicted octanol–water partition coefficient (Wildman–Crippen LogP) is 4.09. The molecule has 1 atom stereocenters. The standard InChI is InChI=1S/C23H28FN7O2S/c1-15(2)19-10-17(24)11-20(16-6-4-7-26-13-16)22(19)27-23(32)29-34(25,33)21-12-18(30(3)28-21)14-31-8-5-9-31/h4,6-7,10-13,15H,5,8-9,14H2,1-3H3,(H3,25,27,29,32,33). The molecular formula is C23H28FN7O2S. The fourth-order valence-electron chi connectivity index (χ4n) is 3.83. The molecule has 9 nitrogen and oxygen atoms in total. The van der Waals surface area contributed by atoms with E-state index in [1.807, 2.05) is 13.8 Å². The van der Waals surface area contributed by atoms with Crippen LogP contribution in [0.4, 0.5) is 14.9 Å². The largest absolute Gasteiger partial charge is 0.332 e. The van der Waals surface area contributed by atoms with Crippen molar-refractivity contribution in [1.82, 2.24) is 24.4 Å². The van der Waals surface area contributed by atoms with Crippen LogP contribution < -0.4 is 10.0 Å². The molecule has 180 valence electrons. The van der Waals surface area contributed by atoms with E-state index in [1.54, 1.807) is 42.3 Å². The molecule has 3 heterocycles. The van der Waals surface area contributed by atoms with Crippen LogP contribution in [0.5, 0.6) is 0 Å². The minimum absolute atomic E-state index is 0.0173. The van der Waals surface area contributed by atoms with Gasteiger partial charge in [0.1, 0.15) is 5.82 Å². The molecule has 1 unspecified atom stereocenters. The summed E-state index contributed by atoms with van der Waals surface area (Å²) in [5, 5.41) is 6.88.